The zero-order chi connectivity index (χ0) is 21.7. The molecule has 0 unspecified atom stereocenters. The van der Waals surface area contributed by atoms with E-state index in [2.05, 4.69) is 10.2 Å². The Balaban J connectivity index is 1.67. The zero-order valence-electron chi connectivity index (χ0n) is 16.9. The average molecular weight is 426 g/mol. The van der Waals surface area contributed by atoms with Crippen LogP contribution in [0.2, 0.25) is 0 Å². The molecule has 1 saturated heterocycles. The Kier molecular flexibility index (Phi) is 6.73. The number of benzene rings is 2. The molecular weight excluding hydrogens is 404 g/mol. The molecule has 1 atom stereocenters. The number of amides is 2. The Morgan fingerprint density at radius 1 is 1.00 bits per heavy atom. The highest BCUT2D eigenvalue weighted by molar-refractivity contribution is 8.14. The minimum atomic E-state index is -0.639. The fourth-order valence-electron chi connectivity index (χ4n) is 2.88. The first-order valence-corrected chi connectivity index (χ1v) is 10.0. The number of thioether (sulfide) groups is 1. The Labute approximate surface area is 178 Å². The Morgan fingerprint density at radius 2 is 1.57 bits per heavy atom. The van der Waals surface area contributed by atoms with Crippen molar-refractivity contribution in [3.05, 3.63) is 54.1 Å². The molecule has 2 aromatic rings. The van der Waals surface area contributed by atoms with Crippen molar-refractivity contribution < 1.29 is 19.1 Å². The van der Waals surface area contributed by atoms with Gasteiger partial charge in [-0.1, -0.05) is 11.8 Å². The summed E-state index contributed by atoms with van der Waals surface area (Å²) in [5.41, 5.74) is 7.97. The van der Waals surface area contributed by atoms with E-state index in [1.165, 1.54) is 0 Å². The summed E-state index contributed by atoms with van der Waals surface area (Å²) in [5, 5.41) is 7.61. The lowest BCUT2D eigenvalue weighted by atomic mass is 10.1. The molecule has 1 aliphatic rings. The molecule has 2 amide bonds. The van der Waals surface area contributed by atoms with Gasteiger partial charge in [0.25, 0.3) is 0 Å². The van der Waals surface area contributed by atoms with Crippen LogP contribution in [0.1, 0.15) is 18.9 Å². The van der Waals surface area contributed by atoms with Crippen molar-refractivity contribution in [2.45, 2.75) is 18.6 Å². The molecule has 156 valence electrons. The maximum atomic E-state index is 12.7. The number of nitrogens with zero attached hydrogens (tertiary/aromatic N) is 3. The molecule has 0 spiro atoms. The van der Waals surface area contributed by atoms with Crippen molar-refractivity contribution >= 4 is 40.1 Å². The standard InChI is InChI=1S/C21H22N4O4S/c1-13(14-4-8-16(28-2)9-5-14)23-24-21(22)30-18-12-19(26)25(20(18)27)15-6-10-17(29-3)11-7-15/h4-11,18H,12H2,1-3H3,(H2,22,24)/b23-13-/t18-/m1/s1. The summed E-state index contributed by atoms with van der Waals surface area (Å²) in [6.07, 6.45) is 0.0485. The van der Waals surface area contributed by atoms with Crippen LogP contribution < -0.4 is 20.1 Å². The molecule has 0 radical (unpaired) electrons. The molecule has 0 aliphatic carbocycles. The SMILES string of the molecule is COc1ccc(/C(C)=N\N=C(N)S[C@@H]2CC(=O)N(c3ccc(OC)cc3)C2=O)cc1. The number of anilines is 1. The highest BCUT2D eigenvalue weighted by Crippen LogP contribution is 2.30. The van der Waals surface area contributed by atoms with Crippen LogP contribution in [0.25, 0.3) is 0 Å². The van der Waals surface area contributed by atoms with Crippen LogP contribution in [0.15, 0.2) is 58.7 Å². The van der Waals surface area contributed by atoms with Crippen LogP contribution in [0.4, 0.5) is 5.69 Å². The first-order valence-electron chi connectivity index (χ1n) is 9.12. The van der Waals surface area contributed by atoms with Gasteiger partial charge in [-0.3, -0.25) is 9.59 Å². The van der Waals surface area contributed by atoms with Crippen LogP contribution in [0.5, 0.6) is 11.5 Å². The monoisotopic (exact) mass is 426 g/mol. The summed E-state index contributed by atoms with van der Waals surface area (Å²) in [6.45, 7) is 1.80. The molecule has 3 rings (SSSR count). The van der Waals surface area contributed by atoms with Gasteiger partial charge in [0.05, 0.1) is 25.6 Å². The van der Waals surface area contributed by atoms with Crippen molar-refractivity contribution in [3.63, 3.8) is 0 Å². The lowest BCUT2D eigenvalue weighted by molar-refractivity contribution is -0.121. The van der Waals surface area contributed by atoms with Gasteiger partial charge in [0.2, 0.25) is 11.8 Å². The van der Waals surface area contributed by atoms with E-state index < -0.39 is 5.25 Å². The minimum absolute atomic E-state index is 0.0485. The molecule has 8 nitrogen and oxygen atoms in total. The van der Waals surface area contributed by atoms with Crippen LogP contribution in [0.3, 0.4) is 0 Å². The topological polar surface area (TPSA) is 107 Å². The Hall–Kier alpha value is -3.33. The largest absolute Gasteiger partial charge is 0.497 e. The predicted octanol–water partition coefficient (Wildman–Crippen LogP) is 2.81. The highest BCUT2D eigenvalue weighted by Gasteiger charge is 2.40. The number of carbonyl (C=O) groups excluding carboxylic acids is 2. The van der Waals surface area contributed by atoms with E-state index in [1.807, 2.05) is 24.3 Å². The third-order valence-electron chi connectivity index (χ3n) is 4.51. The summed E-state index contributed by atoms with van der Waals surface area (Å²) in [4.78, 5) is 26.3. The molecule has 0 aromatic heterocycles. The van der Waals surface area contributed by atoms with E-state index >= 15 is 0 Å². The second-order valence-electron chi connectivity index (χ2n) is 6.43. The third kappa shape index (κ3) is 4.80. The molecule has 30 heavy (non-hydrogen) atoms. The van der Waals surface area contributed by atoms with Crippen molar-refractivity contribution in [2.75, 3.05) is 19.1 Å². The van der Waals surface area contributed by atoms with E-state index in [4.69, 9.17) is 15.2 Å². The fourth-order valence-corrected chi connectivity index (χ4v) is 3.69. The maximum absolute atomic E-state index is 12.7. The normalized spacial score (nSPS) is 17.4. The van der Waals surface area contributed by atoms with E-state index in [9.17, 15) is 9.59 Å². The van der Waals surface area contributed by atoms with Crippen LogP contribution in [-0.4, -0.2) is 42.2 Å². The Morgan fingerprint density at radius 3 is 2.13 bits per heavy atom. The van der Waals surface area contributed by atoms with Gasteiger partial charge in [0.15, 0.2) is 5.17 Å². The molecule has 9 heteroatoms. The minimum Gasteiger partial charge on any atom is -0.497 e. The zero-order valence-corrected chi connectivity index (χ0v) is 17.7. The lowest BCUT2D eigenvalue weighted by Gasteiger charge is -2.15. The molecule has 0 bridgehead atoms. The highest BCUT2D eigenvalue weighted by atomic mass is 32.2. The van der Waals surface area contributed by atoms with Crippen molar-refractivity contribution in [3.8, 4) is 11.5 Å². The van der Waals surface area contributed by atoms with Gasteiger partial charge in [-0.25, -0.2) is 4.90 Å². The van der Waals surface area contributed by atoms with Gasteiger partial charge in [-0.2, -0.15) is 5.10 Å². The smallest absolute Gasteiger partial charge is 0.247 e. The summed E-state index contributed by atoms with van der Waals surface area (Å²) < 4.78 is 10.2. The van der Waals surface area contributed by atoms with Gasteiger partial charge in [0, 0.05) is 6.42 Å². The molecule has 1 fully saturated rings. The number of ether oxygens (including phenoxy) is 2. The summed E-state index contributed by atoms with van der Waals surface area (Å²) in [7, 11) is 3.15. The number of imide groups is 1. The quantitative estimate of drug-likeness (QED) is 0.329. The molecule has 1 aliphatic heterocycles. The van der Waals surface area contributed by atoms with Crippen molar-refractivity contribution in [1.29, 1.82) is 0 Å². The van der Waals surface area contributed by atoms with Gasteiger partial charge >= 0.3 is 0 Å². The summed E-state index contributed by atoms with van der Waals surface area (Å²) >= 11 is 1.03. The molecule has 1 heterocycles. The van der Waals surface area contributed by atoms with Crippen LogP contribution >= 0.6 is 11.8 Å². The number of nitrogens with two attached hydrogens (primary N) is 1. The predicted molar refractivity (Wildman–Crippen MR) is 118 cm³/mol. The van der Waals surface area contributed by atoms with Gasteiger partial charge in [0.1, 0.15) is 16.7 Å². The van der Waals surface area contributed by atoms with Gasteiger partial charge in [-0.05, 0) is 61.0 Å². The fraction of sp³-hybridized carbons (Fsp3) is 0.238. The number of hydrogen-bond donors (Lipinski definition) is 1. The number of amidine groups is 1. The van der Waals surface area contributed by atoms with E-state index in [1.54, 1.807) is 45.4 Å². The van der Waals surface area contributed by atoms with Crippen molar-refractivity contribution in [2.24, 2.45) is 15.9 Å². The number of methoxy groups -OCH3 is 2. The number of hydrogen-bond acceptors (Lipinski definition) is 7. The first-order chi connectivity index (χ1) is 14.4. The maximum Gasteiger partial charge on any atom is 0.247 e. The first kappa shape index (κ1) is 21.4. The van der Waals surface area contributed by atoms with Crippen LogP contribution in [0, 0.1) is 0 Å². The molecule has 2 aromatic carbocycles. The molecular formula is C21H22N4O4S. The molecule has 2 N–H and O–H groups in total. The van der Waals surface area contributed by atoms with E-state index in [-0.39, 0.29) is 23.4 Å². The van der Waals surface area contributed by atoms with Crippen molar-refractivity contribution in [1.82, 2.24) is 0 Å². The Bertz CT molecular complexity index is 987. The van der Waals surface area contributed by atoms with Gasteiger partial charge < -0.3 is 15.2 Å². The third-order valence-corrected chi connectivity index (χ3v) is 5.48. The summed E-state index contributed by atoms with van der Waals surface area (Å²) in [6, 6.07) is 14.1. The molecule has 0 saturated carbocycles. The summed E-state index contributed by atoms with van der Waals surface area (Å²) in [5.74, 6) is 0.777. The second-order valence-corrected chi connectivity index (χ2v) is 7.65. The average Bonchev–Trinajstić information content (AvgIpc) is 3.04. The number of carbonyl (C=O) groups is 2. The lowest BCUT2D eigenvalue weighted by Crippen LogP contribution is -2.31. The second kappa shape index (κ2) is 9.45. The van der Waals surface area contributed by atoms with E-state index in [0.29, 0.717) is 17.1 Å². The number of rotatable bonds is 6. The van der Waals surface area contributed by atoms with Gasteiger partial charge in [-0.15, -0.1) is 5.10 Å². The van der Waals surface area contributed by atoms with Crippen LogP contribution in [-0.2, 0) is 9.59 Å². The van der Waals surface area contributed by atoms with E-state index in [0.717, 1.165) is 28.0 Å².